The highest BCUT2D eigenvalue weighted by molar-refractivity contribution is 7.89. The lowest BCUT2D eigenvalue weighted by atomic mass is 10.1. The zero-order chi connectivity index (χ0) is 15.3. The molecule has 112 valence electrons. The molecule has 1 aromatic rings. The number of carbonyl (C=O) groups is 1. The van der Waals surface area contributed by atoms with Gasteiger partial charge in [-0.05, 0) is 31.5 Å². The molecular formula is C13H20N2O4S. The Kier molecular flexibility index (Phi) is 5.52. The van der Waals surface area contributed by atoms with Crippen LogP contribution < -0.4 is 5.32 Å². The van der Waals surface area contributed by atoms with E-state index in [1.807, 2.05) is 6.92 Å². The smallest absolute Gasteiger partial charge is 0.303 e. The Labute approximate surface area is 119 Å². The predicted molar refractivity (Wildman–Crippen MR) is 77.3 cm³/mol. The van der Waals surface area contributed by atoms with Crippen LogP contribution >= 0.6 is 0 Å². The van der Waals surface area contributed by atoms with E-state index in [1.165, 1.54) is 20.2 Å². The molecule has 0 aromatic heterocycles. The first-order valence-electron chi connectivity index (χ1n) is 6.24. The van der Waals surface area contributed by atoms with Crippen LogP contribution in [-0.2, 0) is 14.8 Å². The quantitative estimate of drug-likeness (QED) is 0.798. The van der Waals surface area contributed by atoms with Crippen LogP contribution in [0, 0.1) is 0 Å². The first-order chi connectivity index (χ1) is 9.23. The van der Waals surface area contributed by atoms with Gasteiger partial charge in [-0.1, -0.05) is 6.07 Å². The number of hydrogen-bond acceptors (Lipinski definition) is 4. The van der Waals surface area contributed by atoms with Crippen molar-refractivity contribution in [3.8, 4) is 0 Å². The van der Waals surface area contributed by atoms with Crippen molar-refractivity contribution in [1.29, 1.82) is 0 Å². The SMILES string of the molecule is CC(CCC(=O)O)Nc1cccc(S(=O)(=O)N(C)C)c1. The molecule has 1 atom stereocenters. The third-order valence-electron chi connectivity index (χ3n) is 2.82. The molecular weight excluding hydrogens is 280 g/mol. The second kappa shape index (κ2) is 6.71. The number of carboxylic acid groups (broad SMARTS) is 1. The third kappa shape index (κ3) is 4.50. The summed E-state index contributed by atoms with van der Waals surface area (Å²) in [5.41, 5.74) is 0.658. The van der Waals surface area contributed by atoms with Gasteiger partial charge in [0.15, 0.2) is 0 Å². The Morgan fingerprint density at radius 1 is 1.40 bits per heavy atom. The lowest BCUT2D eigenvalue weighted by Gasteiger charge is -2.16. The molecule has 0 saturated heterocycles. The molecule has 1 rings (SSSR count). The maximum absolute atomic E-state index is 12.0. The van der Waals surface area contributed by atoms with E-state index in [4.69, 9.17) is 5.11 Å². The van der Waals surface area contributed by atoms with Gasteiger partial charge < -0.3 is 10.4 Å². The molecule has 0 spiro atoms. The molecule has 0 saturated carbocycles. The fourth-order valence-corrected chi connectivity index (χ4v) is 2.60. The van der Waals surface area contributed by atoms with Crippen LogP contribution in [0.15, 0.2) is 29.2 Å². The molecule has 0 heterocycles. The zero-order valence-electron chi connectivity index (χ0n) is 11.8. The maximum Gasteiger partial charge on any atom is 0.303 e. The summed E-state index contributed by atoms with van der Waals surface area (Å²) >= 11 is 0. The fourth-order valence-electron chi connectivity index (χ4n) is 1.65. The molecule has 2 N–H and O–H groups in total. The van der Waals surface area contributed by atoms with Gasteiger partial charge in [0, 0.05) is 32.2 Å². The molecule has 0 aliphatic rings. The van der Waals surface area contributed by atoms with Crippen molar-refractivity contribution in [1.82, 2.24) is 4.31 Å². The number of benzene rings is 1. The summed E-state index contributed by atoms with van der Waals surface area (Å²) in [6.07, 6.45) is 0.545. The van der Waals surface area contributed by atoms with Crippen molar-refractivity contribution in [3.05, 3.63) is 24.3 Å². The van der Waals surface area contributed by atoms with Crippen LogP contribution in [-0.4, -0.2) is 43.9 Å². The van der Waals surface area contributed by atoms with Gasteiger partial charge >= 0.3 is 5.97 Å². The molecule has 1 aromatic carbocycles. The minimum Gasteiger partial charge on any atom is -0.481 e. The van der Waals surface area contributed by atoms with Gasteiger partial charge in [0.1, 0.15) is 0 Å². The Morgan fingerprint density at radius 3 is 2.60 bits per heavy atom. The average Bonchev–Trinajstić information content (AvgIpc) is 2.36. The molecule has 7 heteroatoms. The summed E-state index contributed by atoms with van der Waals surface area (Å²) in [6.45, 7) is 1.86. The van der Waals surface area contributed by atoms with Crippen molar-refractivity contribution < 1.29 is 18.3 Å². The highest BCUT2D eigenvalue weighted by Gasteiger charge is 2.17. The molecule has 6 nitrogen and oxygen atoms in total. The van der Waals surface area contributed by atoms with E-state index >= 15 is 0 Å². The van der Waals surface area contributed by atoms with E-state index < -0.39 is 16.0 Å². The van der Waals surface area contributed by atoms with Gasteiger partial charge in [0.25, 0.3) is 0 Å². The molecule has 0 fully saturated rings. The van der Waals surface area contributed by atoms with E-state index in [1.54, 1.807) is 18.2 Å². The molecule has 20 heavy (non-hydrogen) atoms. The van der Waals surface area contributed by atoms with Gasteiger partial charge in [0.2, 0.25) is 10.0 Å². The molecule has 0 aliphatic carbocycles. The predicted octanol–water partition coefficient (Wildman–Crippen LogP) is 1.60. The number of hydrogen-bond donors (Lipinski definition) is 2. The van der Waals surface area contributed by atoms with E-state index in [9.17, 15) is 13.2 Å². The summed E-state index contributed by atoms with van der Waals surface area (Å²) in [5, 5.41) is 11.7. The molecule has 1 unspecified atom stereocenters. The van der Waals surface area contributed by atoms with Crippen LogP contribution in [0.2, 0.25) is 0 Å². The first-order valence-corrected chi connectivity index (χ1v) is 7.68. The average molecular weight is 300 g/mol. The lowest BCUT2D eigenvalue weighted by molar-refractivity contribution is -0.137. The highest BCUT2D eigenvalue weighted by Crippen LogP contribution is 2.19. The van der Waals surface area contributed by atoms with Gasteiger partial charge in [-0.2, -0.15) is 0 Å². The number of nitrogens with one attached hydrogen (secondary N) is 1. The highest BCUT2D eigenvalue weighted by atomic mass is 32.2. The van der Waals surface area contributed by atoms with Crippen LogP contribution in [0.5, 0.6) is 0 Å². The van der Waals surface area contributed by atoms with Gasteiger partial charge in [0.05, 0.1) is 4.90 Å². The normalized spacial score (nSPS) is 13.2. The second-order valence-electron chi connectivity index (χ2n) is 4.79. The number of nitrogens with zero attached hydrogens (tertiary/aromatic N) is 1. The Morgan fingerprint density at radius 2 is 2.05 bits per heavy atom. The Bertz CT molecular complexity index is 569. The van der Waals surface area contributed by atoms with E-state index in [-0.39, 0.29) is 17.4 Å². The van der Waals surface area contributed by atoms with Crippen molar-refractivity contribution >= 4 is 21.7 Å². The summed E-state index contributed by atoms with van der Waals surface area (Å²) in [5.74, 6) is -0.845. The van der Waals surface area contributed by atoms with E-state index in [0.29, 0.717) is 12.1 Å². The van der Waals surface area contributed by atoms with Crippen molar-refractivity contribution in [2.75, 3.05) is 19.4 Å². The van der Waals surface area contributed by atoms with Crippen LogP contribution in [0.4, 0.5) is 5.69 Å². The first kappa shape index (κ1) is 16.5. The Hall–Kier alpha value is -1.60. The second-order valence-corrected chi connectivity index (χ2v) is 6.94. The van der Waals surface area contributed by atoms with E-state index in [0.717, 1.165) is 4.31 Å². The van der Waals surface area contributed by atoms with Gasteiger partial charge in [-0.15, -0.1) is 0 Å². The molecule has 0 radical (unpaired) electrons. The number of rotatable bonds is 7. The van der Waals surface area contributed by atoms with Crippen LogP contribution in [0.25, 0.3) is 0 Å². The zero-order valence-corrected chi connectivity index (χ0v) is 12.6. The minimum atomic E-state index is -3.46. The van der Waals surface area contributed by atoms with Crippen molar-refractivity contribution in [2.24, 2.45) is 0 Å². The van der Waals surface area contributed by atoms with Gasteiger partial charge in [-0.25, -0.2) is 12.7 Å². The number of aliphatic carboxylic acids is 1. The number of anilines is 1. The summed E-state index contributed by atoms with van der Waals surface area (Å²) in [4.78, 5) is 10.7. The molecule has 0 amide bonds. The molecule has 0 aliphatic heterocycles. The summed E-state index contributed by atoms with van der Waals surface area (Å²) < 4.78 is 25.2. The minimum absolute atomic E-state index is 0.0524. The molecule has 0 bridgehead atoms. The Balaban J connectivity index is 2.81. The summed E-state index contributed by atoms with van der Waals surface area (Å²) in [7, 11) is -0.507. The standard InChI is InChI=1S/C13H20N2O4S/c1-10(7-8-13(16)17)14-11-5-4-6-12(9-11)20(18,19)15(2)3/h4-6,9-10,14H,7-8H2,1-3H3,(H,16,17). The monoisotopic (exact) mass is 300 g/mol. The lowest BCUT2D eigenvalue weighted by Crippen LogP contribution is -2.22. The van der Waals surface area contributed by atoms with Crippen LogP contribution in [0.3, 0.4) is 0 Å². The van der Waals surface area contributed by atoms with Crippen molar-refractivity contribution in [3.63, 3.8) is 0 Å². The number of carboxylic acids is 1. The topological polar surface area (TPSA) is 86.7 Å². The fraction of sp³-hybridized carbons (Fsp3) is 0.462. The van der Waals surface area contributed by atoms with Crippen molar-refractivity contribution in [2.45, 2.75) is 30.7 Å². The third-order valence-corrected chi connectivity index (χ3v) is 4.63. The summed E-state index contributed by atoms with van der Waals surface area (Å²) in [6, 6.07) is 6.44. The largest absolute Gasteiger partial charge is 0.481 e. The van der Waals surface area contributed by atoms with Crippen LogP contribution in [0.1, 0.15) is 19.8 Å². The van der Waals surface area contributed by atoms with Gasteiger partial charge in [-0.3, -0.25) is 4.79 Å². The maximum atomic E-state index is 12.0. The van der Waals surface area contributed by atoms with E-state index in [2.05, 4.69) is 5.32 Å². The number of sulfonamides is 1.